The largest absolute Gasteiger partial charge is 0.360 e. The van der Waals surface area contributed by atoms with E-state index in [1.54, 1.807) is 6.92 Å². The van der Waals surface area contributed by atoms with Gasteiger partial charge in [0.15, 0.2) is 16.5 Å². The molecule has 9 heteroatoms. The molecule has 0 radical (unpaired) electrons. The molecule has 0 aliphatic heterocycles. The van der Waals surface area contributed by atoms with Crippen LogP contribution in [0.1, 0.15) is 11.5 Å². The molecule has 1 N–H and O–H groups in total. The molecule has 2 heterocycles. The van der Waals surface area contributed by atoms with E-state index in [1.807, 2.05) is 0 Å². The molecule has 2 aromatic heterocycles. The van der Waals surface area contributed by atoms with Gasteiger partial charge in [0, 0.05) is 0 Å². The molecule has 7 nitrogen and oxygen atoms in total. The predicted molar refractivity (Wildman–Crippen MR) is 63.8 cm³/mol. The first kappa shape index (κ1) is 12.8. The molecule has 18 heavy (non-hydrogen) atoms. The molecule has 2 rings (SSSR count). The van der Waals surface area contributed by atoms with Crippen LogP contribution in [0.4, 0.5) is 5.82 Å². The van der Waals surface area contributed by atoms with Gasteiger partial charge in [0.1, 0.15) is 10.8 Å². The van der Waals surface area contributed by atoms with E-state index in [0.717, 1.165) is 0 Å². The highest BCUT2D eigenvalue weighted by molar-refractivity contribution is 7.92. The molecule has 2 aromatic rings. The van der Waals surface area contributed by atoms with Gasteiger partial charge < -0.3 is 4.52 Å². The minimum Gasteiger partial charge on any atom is -0.360 e. The van der Waals surface area contributed by atoms with Gasteiger partial charge >= 0.3 is 0 Å². The minimum atomic E-state index is -3.80. The highest BCUT2D eigenvalue weighted by Crippen LogP contribution is 2.21. The predicted octanol–water partition coefficient (Wildman–Crippen LogP) is 1.54. The second kappa shape index (κ2) is 4.54. The smallest absolute Gasteiger partial charge is 0.268 e. The van der Waals surface area contributed by atoms with Crippen molar-refractivity contribution in [3.05, 3.63) is 29.0 Å². The lowest BCUT2D eigenvalue weighted by Gasteiger charge is -2.05. The summed E-state index contributed by atoms with van der Waals surface area (Å²) in [6.45, 7) is 3.06. The molecule has 0 spiro atoms. The van der Waals surface area contributed by atoms with Gasteiger partial charge in [0.2, 0.25) is 0 Å². The van der Waals surface area contributed by atoms with Gasteiger partial charge in [-0.3, -0.25) is 4.72 Å². The van der Waals surface area contributed by atoms with Crippen LogP contribution < -0.4 is 4.72 Å². The third kappa shape index (κ3) is 2.44. The Morgan fingerprint density at radius 2 is 2.00 bits per heavy atom. The summed E-state index contributed by atoms with van der Waals surface area (Å²) in [5.74, 6) is 0.279. The Morgan fingerprint density at radius 3 is 2.50 bits per heavy atom. The maximum absolute atomic E-state index is 12.1. The fourth-order valence-electron chi connectivity index (χ4n) is 1.41. The summed E-state index contributed by atoms with van der Waals surface area (Å²) >= 11 is 5.56. The van der Waals surface area contributed by atoms with Gasteiger partial charge in [0.05, 0.1) is 12.4 Å². The average molecular weight is 289 g/mol. The van der Waals surface area contributed by atoms with Crippen LogP contribution in [0.5, 0.6) is 0 Å². The Kier molecular flexibility index (Phi) is 3.22. The van der Waals surface area contributed by atoms with Crippen molar-refractivity contribution in [2.45, 2.75) is 18.7 Å². The number of nitrogens with one attached hydrogen (secondary N) is 1. The zero-order valence-corrected chi connectivity index (χ0v) is 11.1. The van der Waals surface area contributed by atoms with Gasteiger partial charge in [-0.25, -0.2) is 18.4 Å². The van der Waals surface area contributed by atoms with Crippen LogP contribution in [0.3, 0.4) is 0 Å². The minimum absolute atomic E-state index is 0.000694. The molecular weight excluding hydrogens is 280 g/mol. The molecule has 0 aliphatic rings. The molecular formula is C9H9ClN4O3S. The molecule has 0 saturated carbocycles. The van der Waals surface area contributed by atoms with E-state index in [0.29, 0.717) is 0 Å². The third-order valence-electron chi connectivity index (χ3n) is 2.10. The second-order valence-corrected chi connectivity index (χ2v) is 5.49. The van der Waals surface area contributed by atoms with E-state index in [2.05, 4.69) is 19.8 Å². The molecule has 0 atom stereocenters. The zero-order valence-electron chi connectivity index (χ0n) is 9.51. The molecule has 0 aromatic carbocycles. The fourth-order valence-corrected chi connectivity index (χ4v) is 2.83. The van der Waals surface area contributed by atoms with E-state index in [1.165, 1.54) is 19.3 Å². The van der Waals surface area contributed by atoms with Gasteiger partial charge in [-0.15, -0.1) is 0 Å². The molecule has 0 saturated heterocycles. The van der Waals surface area contributed by atoms with Crippen LogP contribution in [0.15, 0.2) is 21.8 Å². The number of hydrogen-bond donors (Lipinski definition) is 1. The molecule has 0 unspecified atom stereocenters. The number of rotatable bonds is 3. The van der Waals surface area contributed by atoms with Crippen LogP contribution in [-0.4, -0.2) is 23.5 Å². The van der Waals surface area contributed by atoms with Gasteiger partial charge in [0.25, 0.3) is 10.0 Å². The van der Waals surface area contributed by atoms with Crippen LogP contribution in [0.25, 0.3) is 0 Å². The van der Waals surface area contributed by atoms with Gasteiger partial charge in [-0.05, 0) is 13.8 Å². The quantitative estimate of drug-likeness (QED) is 0.920. The first-order valence-corrected chi connectivity index (χ1v) is 6.69. The average Bonchev–Trinajstić information content (AvgIpc) is 2.62. The first-order chi connectivity index (χ1) is 8.40. The van der Waals surface area contributed by atoms with Crippen molar-refractivity contribution >= 4 is 27.4 Å². The lowest BCUT2D eigenvalue weighted by atomic mass is 10.4. The summed E-state index contributed by atoms with van der Waals surface area (Å²) < 4.78 is 31.2. The highest BCUT2D eigenvalue weighted by atomic mass is 35.5. The Hall–Kier alpha value is -1.67. The summed E-state index contributed by atoms with van der Waals surface area (Å²) in [6, 6.07) is 0. The Labute approximate surface area is 108 Å². The maximum Gasteiger partial charge on any atom is 0.268 e. The lowest BCUT2D eigenvalue weighted by Crippen LogP contribution is -2.15. The van der Waals surface area contributed by atoms with Crippen LogP contribution >= 0.6 is 11.6 Å². The molecule has 0 amide bonds. The van der Waals surface area contributed by atoms with Crippen LogP contribution in [0, 0.1) is 13.8 Å². The summed E-state index contributed by atoms with van der Waals surface area (Å²) in [6.07, 6.45) is 2.46. The normalized spacial score (nSPS) is 11.5. The second-order valence-electron chi connectivity index (χ2n) is 3.48. The number of halogens is 1. The van der Waals surface area contributed by atoms with Crippen molar-refractivity contribution in [1.82, 2.24) is 15.1 Å². The monoisotopic (exact) mass is 288 g/mol. The van der Waals surface area contributed by atoms with Crippen LogP contribution in [-0.2, 0) is 10.0 Å². The van der Waals surface area contributed by atoms with Crippen molar-refractivity contribution in [1.29, 1.82) is 0 Å². The van der Waals surface area contributed by atoms with Gasteiger partial charge in [-0.2, -0.15) is 0 Å². The van der Waals surface area contributed by atoms with Crippen molar-refractivity contribution in [2.75, 3.05) is 4.72 Å². The fraction of sp³-hybridized carbons (Fsp3) is 0.222. The van der Waals surface area contributed by atoms with Crippen molar-refractivity contribution in [3.8, 4) is 0 Å². The van der Waals surface area contributed by atoms with E-state index in [4.69, 9.17) is 16.1 Å². The van der Waals surface area contributed by atoms with E-state index >= 15 is 0 Å². The zero-order chi connectivity index (χ0) is 13.3. The summed E-state index contributed by atoms with van der Waals surface area (Å²) in [4.78, 5) is 7.52. The Bertz CT molecular complexity index is 646. The Morgan fingerprint density at radius 1 is 1.28 bits per heavy atom. The summed E-state index contributed by atoms with van der Waals surface area (Å²) in [5, 5.41) is 3.76. The number of aromatic nitrogens is 3. The lowest BCUT2D eigenvalue weighted by molar-refractivity contribution is 0.390. The number of anilines is 1. The molecule has 96 valence electrons. The Balaban J connectivity index is 2.36. The third-order valence-corrected chi connectivity index (χ3v) is 3.89. The molecule has 0 bridgehead atoms. The number of sulfonamides is 1. The summed E-state index contributed by atoms with van der Waals surface area (Å²) in [7, 11) is -3.80. The summed E-state index contributed by atoms with van der Waals surface area (Å²) in [5.41, 5.74) is 0.280. The van der Waals surface area contributed by atoms with E-state index < -0.39 is 10.0 Å². The SMILES string of the molecule is Cc1noc(C)c1S(=O)(=O)Nc1cnc(Cl)cn1. The van der Waals surface area contributed by atoms with Crippen LogP contribution in [0.2, 0.25) is 5.15 Å². The topological polar surface area (TPSA) is 98.0 Å². The first-order valence-electron chi connectivity index (χ1n) is 4.83. The molecule has 0 fully saturated rings. The van der Waals surface area contributed by atoms with Crippen molar-refractivity contribution < 1.29 is 12.9 Å². The van der Waals surface area contributed by atoms with Crippen molar-refractivity contribution in [3.63, 3.8) is 0 Å². The standard InChI is InChI=1S/C9H9ClN4O3S/c1-5-9(6(2)17-13-5)18(15,16)14-8-4-11-7(10)3-12-8/h3-4H,1-2H3,(H,12,14). The maximum atomic E-state index is 12.1. The highest BCUT2D eigenvalue weighted by Gasteiger charge is 2.24. The van der Waals surface area contributed by atoms with Crippen molar-refractivity contribution in [2.24, 2.45) is 0 Å². The van der Waals surface area contributed by atoms with Gasteiger partial charge in [-0.1, -0.05) is 16.8 Å². The number of hydrogen-bond acceptors (Lipinski definition) is 6. The van der Waals surface area contributed by atoms with E-state index in [9.17, 15) is 8.42 Å². The number of nitrogens with zero attached hydrogens (tertiary/aromatic N) is 3. The molecule has 0 aliphatic carbocycles. The number of aryl methyl sites for hydroxylation is 2. The van der Waals surface area contributed by atoms with E-state index in [-0.39, 0.29) is 27.3 Å².